The highest BCUT2D eigenvalue weighted by molar-refractivity contribution is 6.32. The van der Waals surface area contributed by atoms with E-state index < -0.39 is 0 Å². The van der Waals surface area contributed by atoms with Gasteiger partial charge in [0.1, 0.15) is 11.5 Å². The van der Waals surface area contributed by atoms with Crippen LogP contribution in [0.5, 0.6) is 5.75 Å². The van der Waals surface area contributed by atoms with Gasteiger partial charge in [-0.25, -0.2) is 0 Å². The van der Waals surface area contributed by atoms with Crippen molar-refractivity contribution in [2.24, 2.45) is 11.8 Å². The summed E-state index contributed by atoms with van der Waals surface area (Å²) in [6.45, 7) is 10.3. The molecule has 23 heavy (non-hydrogen) atoms. The van der Waals surface area contributed by atoms with Crippen molar-refractivity contribution in [2.45, 2.75) is 72.8 Å². The number of hydrogen-bond acceptors (Lipinski definition) is 2. The Labute approximate surface area is 146 Å². The molecule has 0 unspecified atom stereocenters. The van der Waals surface area contributed by atoms with E-state index in [2.05, 4.69) is 26.8 Å². The zero-order chi connectivity index (χ0) is 17.4. The maximum absolute atomic E-state index is 11.6. The number of Topliss-reactive ketones (excluding diaryl/α,β-unsaturated/α-hetero) is 1. The van der Waals surface area contributed by atoms with Gasteiger partial charge in [-0.2, -0.15) is 0 Å². The molecule has 0 heterocycles. The van der Waals surface area contributed by atoms with E-state index >= 15 is 0 Å². The van der Waals surface area contributed by atoms with Gasteiger partial charge in [0.15, 0.2) is 0 Å². The third-order valence-electron chi connectivity index (χ3n) is 4.31. The molecule has 0 bridgehead atoms. The third kappa shape index (κ3) is 6.95. The first-order valence-corrected chi connectivity index (χ1v) is 9.17. The van der Waals surface area contributed by atoms with Gasteiger partial charge < -0.3 is 4.74 Å². The fourth-order valence-electron chi connectivity index (χ4n) is 2.26. The maximum Gasteiger partial charge on any atom is 0.138 e. The first kappa shape index (κ1) is 20.0. The Bertz CT molecular complexity index is 494. The molecule has 0 radical (unpaired) electrons. The van der Waals surface area contributed by atoms with Crippen molar-refractivity contribution in [1.82, 2.24) is 0 Å². The molecule has 1 aromatic rings. The van der Waals surface area contributed by atoms with E-state index in [1.807, 2.05) is 26.0 Å². The molecule has 0 spiro atoms. The second-order valence-corrected chi connectivity index (χ2v) is 7.36. The Morgan fingerprint density at radius 3 is 2.39 bits per heavy atom. The highest BCUT2D eigenvalue weighted by Gasteiger charge is 2.13. The van der Waals surface area contributed by atoms with Crippen LogP contribution in [0.25, 0.3) is 0 Å². The zero-order valence-electron chi connectivity index (χ0n) is 15.2. The standard InChI is InChI=1S/C20H31ClO2/c1-14(2)16(5)23-19-13-9-11-17(20(19)21)10-7-6-8-12-18(22)15(3)4/h9,11,13-16H,6-8,10,12H2,1-5H3/t16-/m1/s1. The van der Waals surface area contributed by atoms with Gasteiger partial charge in [-0.05, 0) is 43.7 Å². The average molecular weight is 339 g/mol. The Balaban J connectivity index is 2.47. The van der Waals surface area contributed by atoms with Crippen LogP contribution in [-0.4, -0.2) is 11.9 Å². The SMILES string of the molecule is CC(C)C(=O)CCCCCc1cccc(O[C@H](C)C(C)C)c1Cl. The fourth-order valence-corrected chi connectivity index (χ4v) is 2.52. The number of halogens is 1. The van der Waals surface area contributed by atoms with E-state index in [9.17, 15) is 4.79 Å². The van der Waals surface area contributed by atoms with Crippen molar-refractivity contribution >= 4 is 17.4 Å². The summed E-state index contributed by atoms with van der Waals surface area (Å²) in [4.78, 5) is 11.6. The lowest BCUT2D eigenvalue weighted by Gasteiger charge is -2.20. The molecule has 0 saturated carbocycles. The topological polar surface area (TPSA) is 26.3 Å². The predicted octanol–water partition coefficient (Wildman–Crippen LogP) is 6.09. The normalized spacial score (nSPS) is 12.7. The van der Waals surface area contributed by atoms with Gasteiger partial charge in [0, 0.05) is 12.3 Å². The number of aryl methyl sites for hydroxylation is 1. The van der Waals surface area contributed by atoms with E-state index in [1.165, 1.54) is 0 Å². The first-order valence-electron chi connectivity index (χ1n) is 8.79. The van der Waals surface area contributed by atoms with Gasteiger partial charge in [-0.3, -0.25) is 4.79 Å². The van der Waals surface area contributed by atoms with Crippen molar-refractivity contribution in [1.29, 1.82) is 0 Å². The van der Waals surface area contributed by atoms with Gasteiger partial charge >= 0.3 is 0 Å². The molecule has 0 aliphatic rings. The summed E-state index contributed by atoms with van der Waals surface area (Å²) in [6.07, 6.45) is 4.85. The second kappa shape index (κ2) is 9.97. The number of ketones is 1. The minimum Gasteiger partial charge on any atom is -0.489 e. The van der Waals surface area contributed by atoms with Crippen LogP contribution < -0.4 is 4.74 Å². The van der Waals surface area contributed by atoms with Gasteiger partial charge in [0.2, 0.25) is 0 Å². The molecule has 0 saturated heterocycles. The third-order valence-corrected chi connectivity index (χ3v) is 4.74. The van der Waals surface area contributed by atoms with Gasteiger partial charge in [0.25, 0.3) is 0 Å². The van der Waals surface area contributed by atoms with Crippen molar-refractivity contribution < 1.29 is 9.53 Å². The molecule has 1 aromatic carbocycles. The fraction of sp³-hybridized carbons (Fsp3) is 0.650. The zero-order valence-corrected chi connectivity index (χ0v) is 16.0. The smallest absolute Gasteiger partial charge is 0.138 e. The van der Waals surface area contributed by atoms with Gasteiger partial charge in [0.05, 0.1) is 11.1 Å². The number of rotatable bonds is 10. The molecule has 0 fully saturated rings. The lowest BCUT2D eigenvalue weighted by atomic mass is 10.0. The molecule has 2 nitrogen and oxygen atoms in total. The first-order chi connectivity index (χ1) is 10.8. The Morgan fingerprint density at radius 2 is 1.78 bits per heavy atom. The molecule has 0 aliphatic heterocycles. The Morgan fingerprint density at radius 1 is 1.09 bits per heavy atom. The molecule has 0 aliphatic carbocycles. The average Bonchev–Trinajstić information content (AvgIpc) is 2.49. The van der Waals surface area contributed by atoms with Crippen LogP contribution in [0.3, 0.4) is 0 Å². The summed E-state index contributed by atoms with van der Waals surface area (Å²) in [5, 5.41) is 0.734. The molecule has 1 rings (SSSR count). The largest absolute Gasteiger partial charge is 0.489 e. The van der Waals surface area contributed by atoms with Crippen LogP contribution in [0.4, 0.5) is 0 Å². The van der Waals surface area contributed by atoms with Crippen molar-refractivity contribution in [3.63, 3.8) is 0 Å². The molecule has 130 valence electrons. The molecule has 1 atom stereocenters. The number of hydrogen-bond donors (Lipinski definition) is 0. The van der Waals surface area contributed by atoms with E-state index in [-0.39, 0.29) is 12.0 Å². The minimum atomic E-state index is 0.143. The molecule has 0 amide bonds. The summed E-state index contributed by atoms with van der Waals surface area (Å²) in [5.41, 5.74) is 1.13. The number of carbonyl (C=O) groups excluding carboxylic acids is 1. The van der Waals surface area contributed by atoms with Crippen LogP contribution in [0.2, 0.25) is 5.02 Å². The lowest BCUT2D eigenvalue weighted by molar-refractivity contribution is -0.122. The van der Waals surface area contributed by atoms with Crippen LogP contribution >= 0.6 is 11.6 Å². The molecule has 0 aromatic heterocycles. The summed E-state index contributed by atoms with van der Waals surface area (Å²) in [6, 6.07) is 6.01. The Hall–Kier alpha value is -1.02. The molecule has 0 N–H and O–H groups in total. The summed E-state index contributed by atoms with van der Waals surface area (Å²) in [5.74, 6) is 1.75. The van der Waals surface area contributed by atoms with Crippen molar-refractivity contribution in [2.75, 3.05) is 0 Å². The van der Waals surface area contributed by atoms with E-state index in [0.29, 0.717) is 18.1 Å². The van der Waals surface area contributed by atoms with Crippen molar-refractivity contribution in [3.8, 4) is 5.75 Å². The van der Waals surface area contributed by atoms with Gasteiger partial charge in [-0.1, -0.05) is 57.8 Å². The monoisotopic (exact) mass is 338 g/mol. The maximum atomic E-state index is 11.6. The molecule has 3 heteroatoms. The molecular formula is C20H31ClO2. The van der Waals surface area contributed by atoms with Crippen molar-refractivity contribution in [3.05, 3.63) is 28.8 Å². The van der Waals surface area contributed by atoms with Crippen LogP contribution in [0.15, 0.2) is 18.2 Å². The van der Waals surface area contributed by atoms with Crippen LogP contribution in [-0.2, 0) is 11.2 Å². The number of carbonyl (C=O) groups is 1. The van der Waals surface area contributed by atoms with Crippen LogP contribution in [0, 0.1) is 11.8 Å². The number of unbranched alkanes of at least 4 members (excludes halogenated alkanes) is 2. The van der Waals surface area contributed by atoms with E-state index in [4.69, 9.17) is 16.3 Å². The highest BCUT2D eigenvalue weighted by Crippen LogP contribution is 2.31. The predicted molar refractivity (Wildman–Crippen MR) is 98.4 cm³/mol. The lowest BCUT2D eigenvalue weighted by Crippen LogP contribution is -2.18. The minimum absolute atomic E-state index is 0.143. The molecular weight excluding hydrogens is 308 g/mol. The second-order valence-electron chi connectivity index (χ2n) is 6.98. The summed E-state index contributed by atoms with van der Waals surface area (Å²) < 4.78 is 5.96. The summed E-state index contributed by atoms with van der Waals surface area (Å²) >= 11 is 6.48. The van der Waals surface area contributed by atoms with Gasteiger partial charge in [-0.15, -0.1) is 0 Å². The van der Waals surface area contributed by atoms with Crippen LogP contribution in [0.1, 0.15) is 65.9 Å². The summed E-state index contributed by atoms with van der Waals surface area (Å²) in [7, 11) is 0. The number of ether oxygens (including phenoxy) is 1. The highest BCUT2D eigenvalue weighted by atomic mass is 35.5. The quantitative estimate of drug-likeness (QED) is 0.482. The van der Waals surface area contributed by atoms with E-state index in [1.54, 1.807) is 0 Å². The number of benzene rings is 1. The Kier molecular flexibility index (Phi) is 8.68. The van der Waals surface area contributed by atoms with E-state index in [0.717, 1.165) is 42.0 Å².